The fourth-order valence-corrected chi connectivity index (χ4v) is 3.57. The summed E-state index contributed by atoms with van der Waals surface area (Å²) in [6.45, 7) is 0.538. The van der Waals surface area contributed by atoms with E-state index in [0.717, 1.165) is 0 Å². The molecule has 156 valence electrons. The van der Waals surface area contributed by atoms with Crippen molar-refractivity contribution in [3.05, 3.63) is 63.6 Å². The number of benzene rings is 2. The number of hydrogen-bond acceptors (Lipinski definition) is 7. The number of carbonyl (C=O) groups excluding carboxylic acids is 2. The fraction of sp³-hybridized carbons (Fsp3) is 0.200. The highest BCUT2D eigenvalue weighted by molar-refractivity contribution is 7.13. The maximum atomic E-state index is 12.4. The van der Waals surface area contributed by atoms with E-state index in [9.17, 15) is 9.59 Å². The lowest BCUT2D eigenvalue weighted by atomic mass is 10.3. The Morgan fingerprint density at radius 1 is 1.10 bits per heavy atom. The van der Waals surface area contributed by atoms with Gasteiger partial charge < -0.3 is 15.4 Å². The molecule has 0 unspecified atom stereocenters. The van der Waals surface area contributed by atoms with Crippen molar-refractivity contribution in [3.63, 3.8) is 0 Å². The summed E-state index contributed by atoms with van der Waals surface area (Å²) in [5.74, 6) is 0.181. The maximum Gasteiger partial charge on any atom is 0.286 e. The third-order valence-electron chi connectivity index (χ3n) is 3.94. The number of aromatic nitrogens is 2. The van der Waals surface area contributed by atoms with Crippen molar-refractivity contribution in [2.45, 2.75) is 6.54 Å². The van der Waals surface area contributed by atoms with Crippen LogP contribution in [0.15, 0.2) is 48.5 Å². The first-order valence-corrected chi connectivity index (χ1v) is 10.1. The van der Waals surface area contributed by atoms with Crippen molar-refractivity contribution in [1.29, 1.82) is 0 Å². The molecule has 0 aliphatic carbocycles. The molecular weight excluding hydrogens is 426 g/mol. The molecule has 0 fully saturated rings. The number of amides is 2. The SMILES string of the molecule is COc1ccc(NC(=O)c2nnc(CN(C)CC(=O)Nc3cccc(Cl)c3)s2)cc1. The Bertz CT molecular complexity index is 1030. The lowest BCUT2D eigenvalue weighted by molar-refractivity contribution is -0.117. The summed E-state index contributed by atoms with van der Waals surface area (Å²) in [6, 6.07) is 13.9. The zero-order valence-corrected chi connectivity index (χ0v) is 18.0. The van der Waals surface area contributed by atoms with E-state index in [1.165, 1.54) is 11.3 Å². The van der Waals surface area contributed by atoms with Crippen LogP contribution in [0.1, 0.15) is 14.8 Å². The minimum Gasteiger partial charge on any atom is -0.497 e. The first-order chi connectivity index (χ1) is 14.4. The molecule has 0 saturated heterocycles. The second kappa shape index (κ2) is 10.1. The number of rotatable bonds is 8. The smallest absolute Gasteiger partial charge is 0.286 e. The zero-order valence-electron chi connectivity index (χ0n) is 16.4. The minimum absolute atomic E-state index is 0.152. The van der Waals surface area contributed by atoms with Gasteiger partial charge in [0, 0.05) is 16.4 Å². The summed E-state index contributed by atoms with van der Waals surface area (Å²) in [5.41, 5.74) is 1.27. The van der Waals surface area contributed by atoms with Crippen LogP contribution >= 0.6 is 22.9 Å². The van der Waals surface area contributed by atoms with Crippen LogP contribution in [-0.4, -0.2) is 47.6 Å². The average Bonchev–Trinajstić information content (AvgIpc) is 3.17. The Hall–Kier alpha value is -3.01. The number of nitrogens with one attached hydrogen (secondary N) is 2. The summed E-state index contributed by atoms with van der Waals surface area (Å²) >= 11 is 7.10. The summed E-state index contributed by atoms with van der Waals surface area (Å²) in [6.07, 6.45) is 0. The molecule has 0 atom stereocenters. The van der Waals surface area contributed by atoms with E-state index in [4.69, 9.17) is 16.3 Å². The Labute approximate surface area is 182 Å². The van der Waals surface area contributed by atoms with Gasteiger partial charge in [-0.15, -0.1) is 10.2 Å². The number of anilines is 2. The van der Waals surface area contributed by atoms with Gasteiger partial charge in [0.15, 0.2) is 0 Å². The average molecular weight is 446 g/mol. The predicted octanol–water partition coefficient (Wildman–Crippen LogP) is 3.52. The quantitative estimate of drug-likeness (QED) is 0.550. The molecule has 8 nitrogen and oxygen atoms in total. The van der Waals surface area contributed by atoms with Crippen LogP contribution in [0.5, 0.6) is 5.75 Å². The van der Waals surface area contributed by atoms with Crippen molar-refractivity contribution >= 4 is 46.1 Å². The van der Waals surface area contributed by atoms with Crippen LogP contribution in [0.4, 0.5) is 11.4 Å². The number of likely N-dealkylation sites (N-methyl/N-ethyl adjacent to an activating group) is 1. The molecule has 1 heterocycles. The normalized spacial score (nSPS) is 10.7. The highest BCUT2D eigenvalue weighted by atomic mass is 35.5. The van der Waals surface area contributed by atoms with Gasteiger partial charge in [0.05, 0.1) is 20.2 Å². The van der Waals surface area contributed by atoms with Crippen LogP contribution in [0.2, 0.25) is 5.02 Å². The molecule has 0 radical (unpaired) electrons. The molecule has 0 aliphatic heterocycles. The molecule has 2 aromatic carbocycles. The molecule has 30 heavy (non-hydrogen) atoms. The summed E-state index contributed by atoms with van der Waals surface area (Å²) in [5, 5.41) is 15.0. The van der Waals surface area contributed by atoms with Gasteiger partial charge in [-0.1, -0.05) is 29.0 Å². The maximum absolute atomic E-state index is 12.4. The molecular formula is C20H20ClN5O3S. The summed E-state index contributed by atoms with van der Waals surface area (Å²) < 4.78 is 5.09. The Morgan fingerprint density at radius 3 is 2.57 bits per heavy atom. The van der Waals surface area contributed by atoms with Crippen LogP contribution in [0.25, 0.3) is 0 Å². The van der Waals surface area contributed by atoms with E-state index in [0.29, 0.717) is 33.7 Å². The van der Waals surface area contributed by atoms with Gasteiger partial charge in [0.25, 0.3) is 5.91 Å². The molecule has 10 heteroatoms. The van der Waals surface area contributed by atoms with Crippen LogP contribution in [0, 0.1) is 0 Å². The largest absolute Gasteiger partial charge is 0.497 e. The number of nitrogens with zero attached hydrogens (tertiary/aromatic N) is 3. The van der Waals surface area contributed by atoms with Gasteiger partial charge in [0.1, 0.15) is 10.8 Å². The first kappa shape index (κ1) is 21.7. The molecule has 2 N–H and O–H groups in total. The molecule has 1 aromatic heterocycles. The van der Waals surface area contributed by atoms with Gasteiger partial charge in [-0.3, -0.25) is 14.5 Å². The van der Waals surface area contributed by atoms with Crippen molar-refractivity contribution in [3.8, 4) is 5.75 Å². The number of hydrogen-bond donors (Lipinski definition) is 2. The van der Waals surface area contributed by atoms with E-state index >= 15 is 0 Å². The Morgan fingerprint density at radius 2 is 1.87 bits per heavy atom. The van der Waals surface area contributed by atoms with E-state index in [1.54, 1.807) is 67.6 Å². The van der Waals surface area contributed by atoms with E-state index in [-0.39, 0.29) is 23.4 Å². The zero-order chi connectivity index (χ0) is 21.5. The molecule has 0 bridgehead atoms. The molecule has 3 rings (SSSR count). The van der Waals surface area contributed by atoms with Crippen molar-refractivity contribution in [1.82, 2.24) is 15.1 Å². The van der Waals surface area contributed by atoms with Crippen molar-refractivity contribution in [2.75, 3.05) is 31.3 Å². The second-order valence-electron chi connectivity index (χ2n) is 6.41. The molecule has 0 spiro atoms. The lowest BCUT2D eigenvalue weighted by Crippen LogP contribution is -2.29. The standard InChI is InChI=1S/C20H20ClN5O3S/c1-26(11-17(27)22-15-5-3-4-13(21)10-15)12-18-24-25-20(30-18)19(28)23-14-6-8-16(29-2)9-7-14/h3-10H,11-12H2,1-2H3,(H,22,27)(H,23,28). The molecule has 2 amide bonds. The van der Waals surface area contributed by atoms with Gasteiger partial charge in [0.2, 0.25) is 10.9 Å². The van der Waals surface area contributed by atoms with E-state index < -0.39 is 0 Å². The second-order valence-corrected chi connectivity index (χ2v) is 7.91. The number of carbonyl (C=O) groups is 2. The lowest BCUT2D eigenvalue weighted by Gasteiger charge is -2.14. The van der Waals surface area contributed by atoms with Crippen LogP contribution in [0.3, 0.4) is 0 Å². The first-order valence-electron chi connectivity index (χ1n) is 8.94. The van der Waals surface area contributed by atoms with Crippen LogP contribution in [-0.2, 0) is 11.3 Å². The van der Waals surface area contributed by atoms with E-state index in [1.807, 2.05) is 0 Å². The molecule has 0 saturated carbocycles. The van der Waals surface area contributed by atoms with Gasteiger partial charge >= 0.3 is 0 Å². The molecule has 3 aromatic rings. The van der Waals surface area contributed by atoms with Crippen molar-refractivity contribution < 1.29 is 14.3 Å². The third kappa shape index (κ3) is 6.24. The topological polar surface area (TPSA) is 96.4 Å². The number of ether oxygens (including phenoxy) is 1. The summed E-state index contributed by atoms with van der Waals surface area (Å²) in [7, 11) is 3.37. The number of methoxy groups -OCH3 is 1. The third-order valence-corrected chi connectivity index (χ3v) is 5.08. The monoisotopic (exact) mass is 445 g/mol. The molecule has 0 aliphatic rings. The highest BCUT2D eigenvalue weighted by Gasteiger charge is 2.15. The summed E-state index contributed by atoms with van der Waals surface area (Å²) in [4.78, 5) is 26.3. The van der Waals surface area contributed by atoms with Crippen molar-refractivity contribution in [2.24, 2.45) is 0 Å². The minimum atomic E-state index is -0.342. The van der Waals surface area contributed by atoms with E-state index in [2.05, 4.69) is 20.8 Å². The predicted molar refractivity (Wildman–Crippen MR) is 117 cm³/mol. The highest BCUT2D eigenvalue weighted by Crippen LogP contribution is 2.18. The fourth-order valence-electron chi connectivity index (χ4n) is 2.57. The Balaban J connectivity index is 1.51. The van der Waals surface area contributed by atoms with Gasteiger partial charge in [-0.25, -0.2) is 0 Å². The number of halogens is 1. The van der Waals surface area contributed by atoms with Crippen LogP contribution < -0.4 is 15.4 Å². The Kier molecular flexibility index (Phi) is 7.34. The van der Waals surface area contributed by atoms with Gasteiger partial charge in [-0.2, -0.15) is 0 Å². The van der Waals surface area contributed by atoms with Gasteiger partial charge in [-0.05, 0) is 49.5 Å².